The van der Waals surface area contributed by atoms with Gasteiger partial charge >= 0.3 is 12.0 Å². The van der Waals surface area contributed by atoms with Crippen LogP contribution in [0.4, 0.5) is 11.6 Å². The van der Waals surface area contributed by atoms with Crippen LogP contribution in [0, 0.1) is 6.92 Å². The SMILES string of the molecule is COc1nc(NCc2cccc(N)c2C)nc(OC)n1. The van der Waals surface area contributed by atoms with Crippen molar-refractivity contribution in [3.8, 4) is 12.0 Å². The minimum atomic E-state index is 0.198. The van der Waals surface area contributed by atoms with E-state index < -0.39 is 0 Å². The number of nitrogen functional groups attached to an aromatic ring is 1. The summed E-state index contributed by atoms with van der Waals surface area (Å²) in [5.41, 5.74) is 8.74. The number of methoxy groups -OCH3 is 2. The number of nitrogens with zero attached hydrogens (tertiary/aromatic N) is 3. The highest BCUT2D eigenvalue weighted by molar-refractivity contribution is 5.50. The molecule has 7 nitrogen and oxygen atoms in total. The van der Waals surface area contributed by atoms with Crippen LogP contribution in [0.1, 0.15) is 11.1 Å². The Hall–Kier alpha value is -2.57. The maximum Gasteiger partial charge on any atom is 0.324 e. The minimum absolute atomic E-state index is 0.198. The van der Waals surface area contributed by atoms with E-state index in [1.165, 1.54) is 14.2 Å². The molecule has 1 aromatic heterocycles. The van der Waals surface area contributed by atoms with Gasteiger partial charge in [-0.25, -0.2) is 0 Å². The number of nitrogens with two attached hydrogens (primary N) is 1. The van der Waals surface area contributed by atoms with E-state index >= 15 is 0 Å². The highest BCUT2D eigenvalue weighted by Gasteiger charge is 2.07. The highest BCUT2D eigenvalue weighted by atomic mass is 16.5. The van der Waals surface area contributed by atoms with Crippen molar-refractivity contribution in [2.45, 2.75) is 13.5 Å². The zero-order valence-electron chi connectivity index (χ0n) is 11.7. The van der Waals surface area contributed by atoms with Crippen molar-refractivity contribution < 1.29 is 9.47 Å². The Kier molecular flexibility index (Phi) is 4.19. The molecule has 0 bridgehead atoms. The molecule has 0 fully saturated rings. The van der Waals surface area contributed by atoms with Gasteiger partial charge in [0, 0.05) is 12.2 Å². The fourth-order valence-corrected chi connectivity index (χ4v) is 1.67. The van der Waals surface area contributed by atoms with Crippen molar-refractivity contribution in [1.82, 2.24) is 15.0 Å². The molecule has 0 atom stereocenters. The minimum Gasteiger partial charge on any atom is -0.467 e. The van der Waals surface area contributed by atoms with Gasteiger partial charge in [-0.1, -0.05) is 12.1 Å². The molecule has 7 heteroatoms. The van der Waals surface area contributed by atoms with Crippen LogP contribution >= 0.6 is 0 Å². The van der Waals surface area contributed by atoms with E-state index in [1.54, 1.807) is 0 Å². The topological polar surface area (TPSA) is 95.2 Å². The molecule has 20 heavy (non-hydrogen) atoms. The van der Waals surface area contributed by atoms with Crippen molar-refractivity contribution in [3.05, 3.63) is 29.3 Å². The molecule has 0 amide bonds. The summed E-state index contributed by atoms with van der Waals surface area (Å²) >= 11 is 0. The Morgan fingerprint density at radius 3 is 2.35 bits per heavy atom. The molecule has 3 N–H and O–H groups in total. The Morgan fingerprint density at radius 2 is 1.75 bits per heavy atom. The maximum absolute atomic E-state index is 5.87. The van der Waals surface area contributed by atoms with Gasteiger partial charge in [-0.2, -0.15) is 9.97 Å². The number of hydrogen-bond donors (Lipinski definition) is 2. The first-order valence-corrected chi connectivity index (χ1v) is 6.06. The Labute approximate surface area is 117 Å². The monoisotopic (exact) mass is 275 g/mol. The quantitative estimate of drug-likeness (QED) is 0.796. The van der Waals surface area contributed by atoms with Crippen molar-refractivity contribution in [2.75, 3.05) is 25.3 Å². The number of anilines is 2. The summed E-state index contributed by atoms with van der Waals surface area (Å²) in [6.07, 6.45) is 0. The predicted octanol–water partition coefficient (Wildman–Crippen LogP) is 1.39. The van der Waals surface area contributed by atoms with E-state index in [1.807, 2.05) is 25.1 Å². The van der Waals surface area contributed by atoms with E-state index in [4.69, 9.17) is 15.2 Å². The molecule has 1 heterocycles. The first-order chi connectivity index (χ1) is 9.63. The van der Waals surface area contributed by atoms with Crippen LogP contribution in [-0.4, -0.2) is 29.2 Å². The van der Waals surface area contributed by atoms with Gasteiger partial charge in [-0.05, 0) is 24.1 Å². The number of aromatic nitrogens is 3. The average Bonchev–Trinajstić information content (AvgIpc) is 2.48. The van der Waals surface area contributed by atoms with Crippen LogP contribution in [0.5, 0.6) is 12.0 Å². The van der Waals surface area contributed by atoms with Crippen molar-refractivity contribution in [3.63, 3.8) is 0 Å². The van der Waals surface area contributed by atoms with Gasteiger partial charge in [0.1, 0.15) is 0 Å². The third-order valence-electron chi connectivity index (χ3n) is 2.88. The lowest BCUT2D eigenvalue weighted by Crippen LogP contribution is -2.08. The summed E-state index contributed by atoms with van der Waals surface area (Å²) in [5.74, 6) is 0.385. The van der Waals surface area contributed by atoms with Crippen LogP contribution in [0.2, 0.25) is 0 Å². The first-order valence-electron chi connectivity index (χ1n) is 6.06. The van der Waals surface area contributed by atoms with E-state index in [2.05, 4.69) is 20.3 Å². The molecule has 0 aliphatic rings. The largest absolute Gasteiger partial charge is 0.467 e. The second-order valence-corrected chi connectivity index (χ2v) is 4.12. The molecule has 0 aliphatic carbocycles. The van der Waals surface area contributed by atoms with E-state index in [9.17, 15) is 0 Å². The summed E-state index contributed by atoms with van der Waals surface area (Å²) in [4.78, 5) is 12.1. The molecule has 0 saturated carbocycles. The zero-order chi connectivity index (χ0) is 14.5. The van der Waals surface area contributed by atoms with Gasteiger partial charge in [0.2, 0.25) is 5.95 Å². The van der Waals surface area contributed by atoms with Crippen LogP contribution < -0.4 is 20.5 Å². The molecule has 0 unspecified atom stereocenters. The Bertz CT molecular complexity index is 581. The number of rotatable bonds is 5. The van der Waals surface area contributed by atoms with Crippen LogP contribution in [-0.2, 0) is 6.54 Å². The van der Waals surface area contributed by atoms with Gasteiger partial charge < -0.3 is 20.5 Å². The molecule has 0 aliphatic heterocycles. The molecule has 1 aromatic carbocycles. The summed E-state index contributed by atoms with van der Waals surface area (Å²) in [5, 5.41) is 3.10. The molecule has 0 spiro atoms. The molecular formula is C13H17N5O2. The van der Waals surface area contributed by atoms with Gasteiger partial charge in [0.05, 0.1) is 14.2 Å². The second kappa shape index (κ2) is 6.05. The zero-order valence-corrected chi connectivity index (χ0v) is 11.7. The van der Waals surface area contributed by atoms with Crippen molar-refractivity contribution in [2.24, 2.45) is 0 Å². The maximum atomic E-state index is 5.87. The van der Waals surface area contributed by atoms with Gasteiger partial charge in [-0.15, -0.1) is 4.98 Å². The Balaban J connectivity index is 2.16. The highest BCUT2D eigenvalue weighted by Crippen LogP contribution is 2.17. The summed E-state index contributed by atoms with van der Waals surface area (Å²) < 4.78 is 9.98. The summed E-state index contributed by atoms with van der Waals surface area (Å²) in [6, 6.07) is 6.17. The third-order valence-corrected chi connectivity index (χ3v) is 2.88. The molecule has 0 radical (unpaired) electrons. The van der Waals surface area contributed by atoms with Crippen LogP contribution in [0.25, 0.3) is 0 Å². The lowest BCUT2D eigenvalue weighted by atomic mass is 10.1. The van der Waals surface area contributed by atoms with Gasteiger partial charge in [0.15, 0.2) is 0 Å². The molecule has 2 aromatic rings. The predicted molar refractivity (Wildman–Crippen MR) is 75.8 cm³/mol. The fourth-order valence-electron chi connectivity index (χ4n) is 1.67. The van der Waals surface area contributed by atoms with E-state index in [-0.39, 0.29) is 12.0 Å². The smallest absolute Gasteiger partial charge is 0.324 e. The molecular weight excluding hydrogens is 258 g/mol. The Morgan fingerprint density at radius 1 is 1.10 bits per heavy atom. The van der Waals surface area contributed by atoms with Crippen molar-refractivity contribution >= 4 is 11.6 Å². The fraction of sp³-hybridized carbons (Fsp3) is 0.308. The lowest BCUT2D eigenvalue weighted by Gasteiger charge is -2.10. The van der Waals surface area contributed by atoms with E-state index in [0.29, 0.717) is 12.5 Å². The number of hydrogen-bond acceptors (Lipinski definition) is 7. The molecule has 106 valence electrons. The summed E-state index contributed by atoms with van der Waals surface area (Å²) in [6.45, 7) is 2.52. The summed E-state index contributed by atoms with van der Waals surface area (Å²) in [7, 11) is 2.97. The standard InChI is InChI=1S/C13H17N5O2/c1-8-9(5-4-6-10(8)14)7-15-11-16-12(19-2)18-13(17-11)20-3/h4-6H,7,14H2,1-3H3,(H,15,16,17,18). The second-order valence-electron chi connectivity index (χ2n) is 4.12. The normalized spacial score (nSPS) is 10.2. The average molecular weight is 275 g/mol. The van der Waals surface area contributed by atoms with Gasteiger partial charge in [-0.3, -0.25) is 0 Å². The van der Waals surface area contributed by atoms with Crippen LogP contribution in [0.15, 0.2) is 18.2 Å². The molecule has 2 rings (SSSR count). The van der Waals surface area contributed by atoms with E-state index in [0.717, 1.165) is 16.8 Å². The number of nitrogens with one attached hydrogen (secondary N) is 1. The number of benzene rings is 1. The lowest BCUT2D eigenvalue weighted by molar-refractivity contribution is 0.341. The first kappa shape index (κ1) is 13.9. The van der Waals surface area contributed by atoms with Crippen LogP contribution in [0.3, 0.4) is 0 Å². The third kappa shape index (κ3) is 3.05. The van der Waals surface area contributed by atoms with Gasteiger partial charge in [0.25, 0.3) is 0 Å². The molecule has 0 saturated heterocycles. The number of ether oxygens (including phenoxy) is 2. The van der Waals surface area contributed by atoms with Crippen molar-refractivity contribution in [1.29, 1.82) is 0 Å².